The summed E-state index contributed by atoms with van der Waals surface area (Å²) in [4.78, 5) is 24.8. The number of hydrogen-bond acceptors (Lipinski definition) is 9. The molecular weight excluding hydrogens is 319 g/mol. The number of phosphoric acid groups is 1. The van der Waals surface area contributed by atoms with E-state index in [1.54, 1.807) is 6.92 Å². The van der Waals surface area contributed by atoms with Crippen LogP contribution in [0.3, 0.4) is 0 Å². The minimum atomic E-state index is -4.20. The maximum Gasteiger partial charge on any atom is 0.472 e. The summed E-state index contributed by atoms with van der Waals surface area (Å²) in [7, 11) is -4.20. The Hall–Kier alpha value is -1.33. The van der Waals surface area contributed by atoms with Crippen molar-refractivity contribution >= 4 is 13.6 Å². The van der Waals surface area contributed by atoms with Crippen LogP contribution in [-0.2, 0) is 18.3 Å². The van der Waals surface area contributed by atoms with Crippen LogP contribution >= 0.6 is 7.82 Å². The second kappa shape index (κ2) is 5.70. The van der Waals surface area contributed by atoms with Gasteiger partial charge in [-0.3, -0.25) is 13.6 Å². The lowest BCUT2D eigenvalue weighted by Gasteiger charge is -2.27. The highest BCUT2D eigenvalue weighted by atomic mass is 31.2. The first-order valence-electron chi connectivity index (χ1n) is 6.13. The fourth-order valence-electron chi connectivity index (χ4n) is 2.33. The molecule has 2 saturated heterocycles. The minimum Gasteiger partial charge on any atom is -0.386 e. The number of phosphoric ester groups is 1. The van der Waals surface area contributed by atoms with Crippen molar-refractivity contribution in [1.82, 2.24) is 15.7 Å². The number of ether oxygens (including phenoxy) is 1. The number of nitrogen functional groups attached to an aromatic ring is 1. The Morgan fingerprint density at radius 1 is 1.55 bits per heavy atom. The topological polar surface area (TPSA) is 181 Å². The van der Waals surface area contributed by atoms with Gasteiger partial charge in [-0.05, 0) is 6.92 Å². The molecule has 12 heteroatoms. The number of anilines is 1. The van der Waals surface area contributed by atoms with Gasteiger partial charge in [-0.2, -0.15) is 4.98 Å². The van der Waals surface area contributed by atoms with Crippen molar-refractivity contribution in [2.75, 3.05) is 12.3 Å². The van der Waals surface area contributed by atoms with E-state index < -0.39 is 38.1 Å². The number of hydrogen-bond donors (Lipinski definition) is 4. The molecule has 0 saturated carbocycles. The van der Waals surface area contributed by atoms with Crippen LogP contribution < -0.4 is 17.6 Å². The van der Waals surface area contributed by atoms with Gasteiger partial charge in [0.1, 0.15) is 24.1 Å². The molecule has 0 aliphatic carbocycles. The highest BCUT2D eigenvalue weighted by molar-refractivity contribution is 7.47. The molecule has 124 valence electrons. The van der Waals surface area contributed by atoms with E-state index in [4.69, 9.17) is 15.0 Å². The second-order valence-electron chi connectivity index (χ2n) is 4.89. The Kier molecular flexibility index (Phi) is 4.42. The van der Waals surface area contributed by atoms with Crippen molar-refractivity contribution in [2.45, 2.75) is 31.5 Å². The van der Waals surface area contributed by atoms with Crippen LogP contribution in [0.5, 0.6) is 0 Å². The first-order valence-corrected chi connectivity index (χ1v) is 7.62. The fraction of sp³-hybridized carbons (Fsp3) is 0.600. The molecule has 22 heavy (non-hydrogen) atoms. The minimum absolute atomic E-state index is 0. The Labute approximate surface area is 124 Å². The SMILES string of the molecule is Cc1cn([C@@H]2O[C@@H]3COP(=O)(O)O[C@H]3[C@H]2O)c(=O)nc1N.N. The zero-order valence-corrected chi connectivity index (χ0v) is 12.6. The van der Waals surface area contributed by atoms with Gasteiger partial charge in [0.15, 0.2) is 6.23 Å². The van der Waals surface area contributed by atoms with Gasteiger partial charge in [-0.1, -0.05) is 0 Å². The van der Waals surface area contributed by atoms with Crippen molar-refractivity contribution in [1.29, 1.82) is 0 Å². The summed E-state index contributed by atoms with van der Waals surface area (Å²) in [6, 6.07) is 0. The summed E-state index contributed by atoms with van der Waals surface area (Å²) in [5.74, 6) is 0.0839. The van der Waals surface area contributed by atoms with Crippen molar-refractivity contribution in [2.24, 2.45) is 0 Å². The van der Waals surface area contributed by atoms with Crippen LogP contribution in [0.2, 0.25) is 0 Å². The van der Waals surface area contributed by atoms with Crippen molar-refractivity contribution < 1.29 is 28.3 Å². The third kappa shape index (κ3) is 2.79. The van der Waals surface area contributed by atoms with Crippen LogP contribution in [0.25, 0.3) is 0 Å². The molecule has 2 fully saturated rings. The van der Waals surface area contributed by atoms with Gasteiger partial charge in [-0.15, -0.1) is 0 Å². The number of nitrogens with two attached hydrogens (primary N) is 1. The van der Waals surface area contributed by atoms with E-state index in [1.807, 2.05) is 0 Å². The Morgan fingerprint density at radius 2 is 2.23 bits per heavy atom. The molecule has 0 spiro atoms. The average Bonchev–Trinajstić information content (AvgIpc) is 2.70. The van der Waals surface area contributed by atoms with E-state index in [0.717, 1.165) is 4.57 Å². The quantitative estimate of drug-likeness (QED) is 0.467. The van der Waals surface area contributed by atoms with Gasteiger partial charge >= 0.3 is 13.5 Å². The number of aryl methyl sites for hydroxylation is 1. The molecule has 5 atom stereocenters. The molecule has 3 heterocycles. The number of nitrogens with zero attached hydrogens (tertiary/aromatic N) is 2. The molecule has 1 aromatic heterocycles. The van der Waals surface area contributed by atoms with E-state index in [2.05, 4.69) is 9.51 Å². The average molecular weight is 336 g/mol. The van der Waals surface area contributed by atoms with E-state index in [1.165, 1.54) is 6.20 Å². The highest BCUT2D eigenvalue weighted by Crippen LogP contribution is 2.52. The lowest BCUT2D eigenvalue weighted by molar-refractivity contribution is -0.0685. The fourth-order valence-corrected chi connectivity index (χ4v) is 3.29. The van der Waals surface area contributed by atoms with Gasteiger partial charge in [0, 0.05) is 11.8 Å². The molecule has 11 nitrogen and oxygen atoms in total. The zero-order chi connectivity index (χ0) is 15.4. The van der Waals surface area contributed by atoms with Gasteiger partial charge < -0.3 is 26.6 Å². The summed E-state index contributed by atoms with van der Waals surface area (Å²) < 4.78 is 27.4. The van der Waals surface area contributed by atoms with E-state index in [-0.39, 0.29) is 18.6 Å². The van der Waals surface area contributed by atoms with Crippen LogP contribution in [-0.4, -0.2) is 44.5 Å². The molecule has 0 radical (unpaired) electrons. The van der Waals surface area contributed by atoms with E-state index >= 15 is 0 Å². The first kappa shape index (κ1) is 17.0. The summed E-state index contributed by atoms with van der Waals surface area (Å²) >= 11 is 0. The largest absolute Gasteiger partial charge is 0.472 e. The van der Waals surface area contributed by atoms with E-state index in [9.17, 15) is 19.4 Å². The standard InChI is InChI=1S/C10H14N3O7P.H3N/c1-4-2-13(10(15)12-8(4)11)9-6(14)7-5(19-9)3-18-21(16,17)20-7;/h2,5-7,9,14H,3H2,1H3,(H,16,17)(H2,11,12,15);1H3/t5-,6-,7-,9-;/m1./s1. The van der Waals surface area contributed by atoms with Gasteiger partial charge in [0.2, 0.25) is 0 Å². The normalized spacial score (nSPS) is 37.4. The third-order valence-corrected chi connectivity index (χ3v) is 4.40. The van der Waals surface area contributed by atoms with Crippen LogP contribution in [0.1, 0.15) is 11.8 Å². The number of rotatable bonds is 1. The molecule has 2 aliphatic rings. The summed E-state index contributed by atoms with van der Waals surface area (Å²) in [6.45, 7) is 1.43. The monoisotopic (exact) mass is 336 g/mol. The maximum atomic E-state index is 11.9. The maximum absolute atomic E-state index is 11.9. The first-order chi connectivity index (χ1) is 9.78. The molecule has 7 N–H and O–H groups in total. The van der Waals surface area contributed by atoms with Crippen LogP contribution in [0, 0.1) is 6.92 Å². The van der Waals surface area contributed by atoms with E-state index in [0.29, 0.717) is 5.56 Å². The Morgan fingerprint density at radius 3 is 2.91 bits per heavy atom. The van der Waals surface area contributed by atoms with Crippen LogP contribution in [0.15, 0.2) is 11.0 Å². The predicted octanol–water partition coefficient (Wildman–Crippen LogP) is -0.930. The summed E-state index contributed by atoms with van der Waals surface area (Å²) in [6.07, 6.45) is -2.84. The molecule has 0 bridgehead atoms. The Bertz CT molecular complexity index is 680. The number of aliphatic hydroxyl groups excluding tert-OH is 1. The molecule has 2 aliphatic heterocycles. The second-order valence-corrected chi connectivity index (χ2v) is 6.30. The van der Waals surface area contributed by atoms with Crippen LogP contribution in [0.4, 0.5) is 5.82 Å². The predicted molar refractivity (Wildman–Crippen MR) is 73.2 cm³/mol. The molecule has 3 rings (SSSR count). The third-order valence-electron chi connectivity index (χ3n) is 3.41. The van der Waals surface area contributed by atoms with Crippen molar-refractivity contribution in [3.05, 3.63) is 22.2 Å². The van der Waals surface area contributed by atoms with Gasteiger partial charge in [0.25, 0.3) is 0 Å². The lowest BCUT2D eigenvalue weighted by atomic mass is 10.1. The molecule has 1 aromatic rings. The molecular formula is C10H17N4O7P. The summed E-state index contributed by atoms with van der Waals surface area (Å²) in [5.41, 5.74) is 5.37. The van der Waals surface area contributed by atoms with Crippen molar-refractivity contribution in [3.63, 3.8) is 0 Å². The smallest absolute Gasteiger partial charge is 0.386 e. The number of aliphatic hydroxyl groups is 1. The molecule has 0 amide bonds. The highest BCUT2D eigenvalue weighted by Gasteiger charge is 2.52. The number of aromatic nitrogens is 2. The summed E-state index contributed by atoms with van der Waals surface area (Å²) in [5, 5.41) is 10.2. The van der Waals surface area contributed by atoms with Crippen molar-refractivity contribution in [3.8, 4) is 0 Å². The van der Waals surface area contributed by atoms with Gasteiger partial charge in [-0.25, -0.2) is 9.36 Å². The molecule has 0 aromatic carbocycles. The number of fused-ring (bicyclic) bond motifs is 1. The zero-order valence-electron chi connectivity index (χ0n) is 11.7. The van der Waals surface area contributed by atoms with Gasteiger partial charge in [0.05, 0.1) is 6.61 Å². The molecule has 1 unspecified atom stereocenters. The lowest BCUT2D eigenvalue weighted by Crippen LogP contribution is -2.40. The Balaban J connectivity index is 0.00000176.